The molecule has 2 heterocycles. The predicted molar refractivity (Wildman–Crippen MR) is 114 cm³/mol. The first-order valence-electron chi connectivity index (χ1n) is 9.99. The number of nitrogens with one attached hydrogen (secondary N) is 1. The van der Waals surface area contributed by atoms with Crippen LogP contribution in [0, 0.1) is 10.1 Å². The zero-order chi connectivity index (χ0) is 21.1. The van der Waals surface area contributed by atoms with E-state index >= 15 is 0 Å². The van der Waals surface area contributed by atoms with Crippen molar-refractivity contribution in [3.8, 4) is 11.3 Å². The molecule has 1 fully saturated rings. The number of amides is 1. The molecule has 1 unspecified atom stereocenters. The second-order valence-corrected chi connectivity index (χ2v) is 7.38. The van der Waals surface area contributed by atoms with Crippen molar-refractivity contribution in [2.24, 2.45) is 0 Å². The van der Waals surface area contributed by atoms with Crippen molar-refractivity contribution in [2.75, 3.05) is 11.4 Å². The number of hydrogen-bond donors (Lipinski definition) is 1. The smallest absolute Gasteiger partial charge is 0.280 e. The van der Waals surface area contributed by atoms with Crippen LogP contribution in [0.4, 0.5) is 11.4 Å². The molecule has 1 N–H and O–H groups in total. The summed E-state index contributed by atoms with van der Waals surface area (Å²) in [5.41, 5.74) is 2.54. The standard InChI is InChI=1S/C23H23N3O4/c1-16(17-8-10-18(11-9-17)25-14-4-7-23(25)27)24-15-19-12-13-22(30-19)20-5-2-3-6-21(20)26(28)29/h2-3,5-6,8-13,16,24H,4,7,14-15H2,1H3. The maximum Gasteiger partial charge on any atom is 0.280 e. The first-order chi connectivity index (χ1) is 14.5. The first kappa shape index (κ1) is 19.8. The van der Waals surface area contributed by atoms with Gasteiger partial charge in [-0.25, -0.2) is 0 Å². The third kappa shape index (κ3) is 4.11. The lowest BCUT2D eigenvalue weighted by Crippen LogP contribution is -2.23. The van der Waals surface area contributed by atoms with Crippen molar-refractivity contribution < 1.29 is 14.1 Å². The van der Waals surface area contributed by atoms with Gasteiger partial charge >= 0.3 is 0 Å². The molecule has 1 saturated heterocycles. The highest BCUT2D eigenvalue weighted by Gasteiger charge is 2.21. The zero-order valence-corrected chi connectivity index (χ0v) is 16.7. The summed E-state index contributed by atoms with van der Waals surface area (Å²) in [7, 11) is 0. The molecule has 0 radical (unpaired) electrons. The van der Waals surface area contributed by atoms with Crippen LogP contribution in [-0.2, 0) is 11.3 Å². The lowest BCUT2D eigenvalue weighted by atomic mass is 10.1. The van der Waals surface area contributed by atoms with Gasteiger partial charge in [0.05, 0.1) is 17.0 Å². The molecule has 7 heteroatoms. The van der Waals surface area contributed by atoms with Gasteiger partial charge in [-0.2, -0.15) is 0 Å². The molecule has 30 heavy (non-hydrogen) atoms. The lowest BCUT2D eigenvalue weighted by Gasteiger charge is -2.18. The number of benzene rings is 2. The van der Waals surface area contributed by atoms with E-state index in [0.29, 0.717) is 30.0 Å². The summed E-state index contributed by atoms with van der Waals surface area (Å²) in [5.74, 6) is 1.36. The molecule has 0 saturated carbocycles. The molecule has 0 spiro atoms. The number of anilines is 1. The van der Waals surface area contributed by atoms with Gasteiger partial charge in [0.25, 0.3) is 5.69 Å². The minimum absolute atomic E-state index is 0.0244. The number of rotatable bonds is 7. The van der Waals surface area contributed by atoms with Gasteiger partial charge in [0.15, 0.2) is 0 Å². The highest BCUT2D eigenvalue weighted by atomic mass is 16.6. The Hall–Kier alpha value is -3.45. The minimum atomic E-state index is -0.406. The molecule has 0 bridgehead atoms. The second-order valence-electron chi connectivity index (χ2n) is 7.38. The fourth-order valence-electron chi connectivity index (χ4n) is 3.69. The number of nitro benzene ring substituents is 1. The summed E-state index contributed by atoms with van der Waals surface area (Å²) in [5, 5.41) is 14.6. The van der Waals surface area contributed by atoms with E-state index in [2.05, 4.69) is 12.2 Å². The van der Waals surface area contributed by atoms with Gasteiger partial charge < -0.3 is 14.6 Å². The van der Waals surface area contributed by atoms with Crippen LogP contribution < -0.4 is 10.2 Å². The Kier molecular flexibility index (Phi) is 5.63. The van der Waals surface area contributed by atoms with Crippen molar-refractivity contribution in [3.05, 3.63) is 82.1 Å². The average molecular weight is 405 g/mol. The zero-order valence-electron chi connectivity index (χ0n) is 16.7. The molecular formula is C23H23N3O4. The van der Waals surface area contributed by atoms with Crippen LogP contribution in [0.1, 0.15) is 37.1 Å². The van der Waals surface area contributed by atoms with Gasteiger partial charge in [-0.05, 0) is 49.2 Å². The molecule has 1 amide bonds. The summed E-state index contributed by atoms with van der Waals surface area (Å²) in [6.45, 7) is 3.34. The van der Waals surface area contributed by atoms with Crippen molar-refractivity contribution in [1.29, 1.82) is 0 Å². The van der Waals surface area contributed by atoms with Crippen molar-refractivity contribution in [2.45, 2.75) is 32.4 Å². The SMILES string of the molecule is CC(NCc1ccc(-c2ccccc2[N+](=O)[O-])o1)c1ccc(N2CCCC2=O)cc1. The van der Waals surface area contributed by atoms with Crippen LogP contribution >= 0.6 is 0 Å². The summed E-state index contributed by atoms with van der Waals surface area (Å²) in [4.78, 5) is 24.5. The lowest BCUT2D eigenvalue weighted by molar-refractivity contribution is -0.384. The number of nitrogens with zero attached hydrogens (tertiary/aromatic N) is 2. The molecule has 1 aliphatic rings. The van der Waals surface area contributed by atoms with Gasteiger partial charge in [0.2, 0.25) is 5.91 Å². The molecule has 154 valence electrons. The van der Waals surface area contributed by atoms with Gasteiger partial charge in [-0.3, -0.25) is 14.9 Å². The Balaban J connectivity index is 1.40. The third-order valence-electron chi connectivity index (χ3n) is 5.39. The summed E-state index contributed by atoms with van der Waals surface area (Å²) in [6.07, 6.45) is 1.53. The van der Waals surface area contributed by atoms with Crippen LogP contribution in [0.5, 0.6) is 0 Å². The summed E-state index contributed by atoms with van der Waals surface area (Å²) >= 11 is 0. The normalized spacial score (nSPS) is 14.8. The fourth-order valence-corrected chi connectivity index (χ4v) is 3.69. The number of hydrogen-bond acceptors (Lipinski definition) is 5. The molecule has 7 nitrogen and oxygen atoms in total. The van der Waals surface area contributed by atoms with Gasteiger partial charge in [0, 0.05) is 30.8 Å². The number of para-hydroxylation sites is 1. The van der Waals surface area contributed by atoms with Crippen molar-refractivity contribution in [3.63, 3.8) is 0 Å². The fraction of sp³-hybridized carbons (Fsp3) is 0.261. The van der Waals surface area contributed by atoms with Gasteiger partial charge in [-0.1, -0.05) is 24.3 Å². The van der Waals surface area contributed by atoms with E-state index in [1.165, 1.54) is 6.07 Å². The summed E-state index contributed by atoms with van der Waals surface area (Å²) < 4.78 is 5.83. The highest BCUT2D eigenvalue weighted by Crippen LogP contribution is 2.31. The molecule has 4 rings (SSSR count). The van der Waals surface area contributed by atoms with Crippen molar-refractivity contribution in [1.82, 2.24) is 5.32 Å². The largest absolute Gasteiger partial charge is 0.459 e. The topological polar surface area (TPSA) is 88.6 Å². The summed E-state index contributed by atoms with van der Waals surface area (Å²) in [6, 6.07) is 18.2. The first-order valence-corrected chi connectivity index (χ1v) is 9.99. The molecule has 1 atom stereocenters. The van der Waals surface area contributed by atoms with E-state index < -0.39 is 4.92 Å². The Labute approximate surface area is 174 Å². The number of carbonyl (C=O) groups is 1. The maximum absolute atomic E-state index is 11.9. The average Bonchev–Trinajstić information content (AvgIpc) is 3.41. The predicted octanol–water partition coefficient (Wildman–Crippen LogP) is 4.83. The Morgan fingerprint density at radius 3 is 2.60 bits per heavy atom. The molecular weight excluding hydrogens is 382 g/mol. The molecule has 1 aromatic heterocycles. The van der Waals surface area contributed by atoms with Gasteiger partial charge in [0.1, 0.15) is 11.5 Å². The van der Waals surface area contributed by atoms with Crippen LogP contribution in [-0.4, -0.2) is 17.4 Å². The van der Waals surface area contributed by atoms with Crippen LogP contribution in [0.25, 0.3) is 11.3 Å². The number of nitro groups is 1. The highest BCUT2D eigenvalue weighted by molar-refractivity contribution is 5.95. The van der Waals surface area contributed by atoms with Gasteiger partial charge in [-0.15, -0.1) is 0 Å². The molecule has 0 aliphatic carbocycles. The van der Waals surface area contributed by atoms with E-state index in [0.717, 1.165) is 24.2 Å². The second kappa shape index (κ2) is 8.51. The van der Waals surface area contributed by atoms with Crippen LogP contribution in [0.15, 0.2) is 65.1 Å². The molecule has 3 aromatic rings. The van der Waals surface area contributed by atoms with E-state index in [1.54, 1.807) is 24.3 Å². The van der Waals surface area contributed by atoms with Crippen molar-refractivity contribution >= 4 is 17.3 Å². The van der Waals surface area contributed by atoms with E-state index in [1.807, 2.05) is 35.2 Å². The van der Waals surface area contributed by atoms with E-state index in [-0.39, 0.29) is 17.6 Å². The Bertz CT molecular complexity index is 1060. The monoisotopic (exact) mass is 405 g/mol. The van der Waals surface area contributed by atoms with Crippen LogP contribution in [0.2, 0.25) is 0 Å². The number of carbonyl (C=O) groups excluding carboxylic acids is 1. The minimum Gasteiger partial charge on any atom is -0.459 e. The maximum atomic E-state index is 11.9. The quantitative estimate of drug-likeness (QED) is 0.449. The van der Waals surface area contributed by atoms with E-state index in [9.17, 15) is 14.9 Å². The molecule has 2 aromatic carbocycles. The number of furan rings is 1. The molecule has 1 aliphatic heterocycles. The van der Waals surface area contributed by atoms with Crippen LogP contribution in [0.3, 0.4) is 0 Å². The van der Waals surface area contributed by atoms with E-state index in [4.69, 9.17) is 4.42 Å². The third-order valence-corrected chi connectivity index (χ3v) is 5.39. The Morgan fingerprint density at radius 1 is 1.13 bits per heavy atom. The Morgan fingerprint density at radius 2 is 1.90 bits per heavy atom.